The Labute approximate surface area is 129 Å². The molecule has 0 bridgehead atoms. The molecule has 2 aromatic heterocycles. The summed E-state index contributed by atoms with van der Waals surface area (Å²) >= 11 is 0. The quantitative estimate of drug-likeness (QED) is 0.859. The number of carbonyl (C=O) groups excluding carboxylic acids is 1. The second-order valence-electron chi connectivity index (χ2n) is 6.06. The highest BCUT2D eigenvalue weighted by atomic mass is 16.2. The number of carbonyl (C=O) groups is 1. The van der Waals surface area contributed by atoms with Gasteiger partial charge < -0.3 is 4.90 Å². The van der Waals surface area contributed by atoms with E-state index in [2.05, 4.69) is 27.0 Å². The number of pyridine rings is 2. The molecule has 4 rings (SSSR count). The zero-order valence-electron chi connectivity index (χ0n) is 12.3. The van der Waals surface area contributed by atoms with Gasteiger partial charge in [0.25, 0.3) is 5.91 Å². The molecule has 0 aliphatic carbocycles. The Bertz CT molecular complexity index is 661. The van der Waals surface area contributed by atoms with Crippen LogP contribution in [0.5, 0.6) is 0 Å². The predicted molar refractivity (Wildman–Crippen MR) is 82.1 cm³/mol. The molecule has 2 saturated heterocycles. The fourth-order valence-electron chi connectivity index (χ4n) is 3.49. The van der Waals surface area contributed by atoms with Gasteiger partial charge in [0.15, 0.2) is 0 Å². The van der Waals surface area contributed by atoms with Crippen LogP contribution in [0.4, 0.5) is 0 Å². The lowest BCUT2D eigenvalue weighted by molar-refractivity contribution is 0.0433. The van der Waals surface area contributed by atoms with Crippen molar-refractivity contribution in [3.63, 3.8) is 0 Å². The van der Waals surface area contributed by atoms with Crippen LogP contribution in [0.1, 0.15) is 15.9 Å². The number of hydrogen-bond acceptors (Lipinski definition) is 4. The lowest BCUT2D eigenvalue weighted by atomic mass is 9.91. The SMILES string of the molecule is O=C(c1ccncc1)N1CC2CN(Cc3ccncc3)C2C1. The normalized spacial score (nSPS) is 23.9. The summed E-state index contributed by atoms with van der Waals surface area (Å²) in [4.78, 5) is 25.0. The first-order valence-corrected chi connectivity index (χ1v) is 7.63. The molecule has 2 atom stereocenters. The van der Waals surface area contributed by atoms with E-state index in [0.717, 1.165) is 31.7 Å². The van der Waals surface area contributed by atoms with Gasteiger partial charge in [-0.2, -0.15) is 0 Å². The summed E-state index contributed by atoms with van der Waals surface area (Å²) in [5, 5.41) is 0. The van der Waals surface area contributed by atoms with Crippen LogP contribution < -0.4 is 0 Å². The highest BCUT2D eigenvalue weighted by Gasteiger charge is 2.46. The molecule has 2 aliphatic rings. The van der Waals surface area contributed by atoms with E-state index in [-0.39, 0.29) is 5.91 Å². The highest BCUT2D eigenvalue weighted by molar-refractivity contribution is 5.94. The summed E-state index contributed by atoms with van der Waals surface area (Å²) in [6, 6.07) is 8.19. The highest BCUT2D eigenvalue weighted by Crippen LogP contribution is 2.34. The molecule has 0 radical (unpaired) electrons. The predicted octanol–water partition coefficient (Wildman–Crippen LogP) is 1.43. The van der Waals surface area contributed by atoms with Crippen molar-refractivity contribution in [1.82, 2.24) is 19.8 Å². The Morgan fingerprint density at radius 2 is 1.68 bits per heavy atom. The largest absolute Gasteiger partial charge is 0.337 e. The molecule has 22 heavy (non-hydrogen) atoms. The number of aromatic nitrogens is 2. The summed E-state index contributed by atoms with van der Waals surface area (Å²) in [5.41, 5.74) is 2.02. The smallest absolute Gasteiger partial charge is 0.254 e. The fourth-order valence-corrected chi connectivity index (χ4v) is 3.49. The molecular formula is C17H18N4O. The lowest BCUT2D eigenvalue weighted by Gasteiger charge is -2.43. The number of nitrogens with zero attached hydrogens (tertiary/aromatic N) is 4. The number of amides is 1. The average molecular weight is 294 g/mol. The minimum atomic E-state index is 0.126. The lowest BCUT2D eigenvalue weighted by Crippen LogP contribution is -2.54. The summed E-state index contributed by atoms with van der Waals surface area (Å²) in [6.45, 7) is 3.73. The molecule has 0 aromatic carbocycles. The van der Waals surface area contributed by atoms with Gasteiger partial charge in [-0.15, -0.1) is 0 Å². The number of rotatable bonds is 3. The van der Waals surface area contributed by atoms with Gasteiger partial charge in [-0.1, -0.05) is 0 Å². The van der Waals surface area contributed by atoms with Gasteiger partial charge in [-0.25, -0.2) is 0 Å². The fraction of sp³-hybridized carbons (Fsp3) is 0.353. The molecule has 2 aromatic rings. The van der Waals surface area contributed by atoms with Gasteiger partial charge >= 0.3 is 0 Å². The maximum Gasteiger partial charge on any atom is 0.254 e. The minimum Gasteiger partial charge on any atom is -0.337 e. The van der Waals surface area contributed by atoms with E-state index in [1.54, 1.807) is 24.5 Å². The molecule has 0 spiro atoms. The molecule has 0 N–H and O–H groups in total. The van der Waals surface area contributed by atoms with Gasteiger partial charge in [0, 0.05) is 68.5 Å². The number of hydrogen-bond donors (Lipinski definition) is 0. The molecule has 1 amide bonds. The Morgan fingerprint density at radius 1 is 1.00 bits per heavy atom. The summed E-state index contributed by atoms with van der Waals surface area (Å²) < 4.78 is 0. The van der Waals surface area contributed by atoms with E-state index >= 15 is 0 Å². The van der Waals surface area contributed by atoms with Crippen LogP contribution in [0.3, 0.4) is 0 Å². The Hall–Kier alpha value is -2.27. The number of likely N-dealkylation sites (tertiary alicyclic amines) is 2. The standard InChI is InChI=1S/C17H18N4O/c22-17(14-3-7-19-8-4-14)21-11-15-10-20(16(15)12-21)9-13-1-5-18-6-2-13/h1-8,15-16H,9-12H2. The van der Waals surface area contributed by atoms with Crippen LogP contribution in [0.15, 0.2) is 49.1 Å². The van der Waals surface area contributed by atoms with Crippen molar-refractivity contribution in [2.24, 2.45) is 5.92 Å². The van der Waals surface area contributed by atoms with Crippen molar-refractivity contribution in [2.45, 2.75) is 12.6 Å². The van der Waals surface area contributed by atoms with Crippen molar-refractivity contribution in [1.29, 1.82) is 0 Å². The third-order valence-corrected chi connectivity index (χ3v) is 4.69. The van der Waals surface area contributed by atoms with Crippen LogP contribution in [0.25, 0.3) is 0 Å². The first-order chi connectivity index (χ1) is 10.8. The third kappa shape index (κ3) is 2.37. The summed E-state index contributed by atoms with van der Waals surface area (Å²) in [6.07, 6.45) is 7.02. The van der Waals surface area contributed by atoms with E-state index in [4.69, 9.17) is 0 Å². The average Bonchev–Trinajstić information content (AvgIpc) is 2.91. The van der Waals surface area contributed by atoms with Crippen molar-refractivity contribution in [3.8, 4) is 0 Å². The molecule has 0 saturated carbocycles. The topological polar surface area (TPSA) is 49.3 Å². The maximum absolute atomic E-state index is 12.5. The van der Waals surface area contributed by atoms with E-state index in [1.807, 2.05) is 17.3 Å². The Balaban J connectivity index is 1.40. The van der Waals surface area contributed by atoms with Crippen LogP contribution in [0, 0.1) is 5.92 Å². The summed E-state index contributed by atoms with van der Waals surface area (Å²) in [5.74, 6) is 0.744. The second-order valence-corrected chi connectivity index (χ2v) is 6.06. The van der Waals surface area contributed by atoms with E-state index < -0.39 is 0 Å². The monoisotopic (exact) mass is 294 g/mol. The molecule has 2 fully saturated rings. The van der Waals surface area contributed by atoms with Crippen LogP contribution in [-0.4, -0.2) is 51.4 Å². The Kier molecular flexibility index (Phi) is 3.35. The van der Waals surface area contributed by atoms with E-state index in [0.29, 0.717) is 12.0 Å². The van der Waals surface area contributed by atoms with Crippen molar-refractivity contribution < 1.29 is 4.79 Å². The van der Waals surface area contributed by atoms with Gasteiger partial charge in [0.2, 0.25) is 0 Å². The minimum absolute atomic E-state index is 0.126. The molecule has 2 aliphatic heterocycles. The Morgan fingerprint density at radius 3 is 2.41 bits per heavy atom. The van der Waals surface area contributed by atoms with Gasteiger partial charge in [-0.3, -0.25) is 19.7 Å². The van der Waals surface area contributed by atoms with Crippen LogP contribution >= 0.6 is 0 Å². The molecule has 112 valence electrons. The third-order valence-electron chi connectivity index (χ3n) is 4.69. The van der Waals surface area contributed by atoms with Crippen molar-refractivity contribution in [3.05, 3.63) is 60.2 Å². The van der Waals surface area contributed by atoms with Gasteiger partial charge in [0.1, 0.15) is 0 Å². The van der Waals surface area contributed by atoms with Crippen molar-refractivity contribution >= 4 is 5.91 Å². The number of fused-ring (bicyclic) bond motifs is 1. The second kappa shape index (κ2) is 5.50. The first kappa shape index (κ1) is 13.4. The molecule has 2 unspecified atom stereocenters. The first-order valence-electron chi connectivity index (χ1n) is 7.63. The summed E-state index contributed by atoms with van der Waals surface area (Å²) in [7, 11) is 0. The van der Waals surface area contributed by atoms with E-state index in [9.17, 15) is 4.79 Å². The van der Waals surface area contributed by atoms with Crippen LogP contribution in [-0.2, 0) is 6.54 Å². The van der Waals surface area contributed by atoms with Crippen molar-refractivity contribution in [2.75, 3.05) is 19.6 Å². The van der Waals surface area contributed by atoms with E-state index in [1.165, 1.54) is 5.56 Å². The zero-order valence-corrected chi connectivity index (χ0v) is 12.3. The zero-order chi connectivity index (χ0) is 14.9. The maximum atomic E-state index is 12.5. The van der Waals surface area contributed by atoms with Gasteiger partial charge in [0.05, 0.1) is 0 Å². The molecular weight excluding hydrogens is 276 g/mol. The van der Waals surface area contributed by atoms with Gasteiger partial charge in [-0.05, 0) is 29.8 Å². The molecule has 5 nitrogen and oxygen atoms in total. The molecule has 4 heterocycles. The van der Waals surface area contributed by atoms with Crippen LogP contribution in [0.2, 0.25) is 0 Å². The molecule has 5 heteroatoms.